The molecule has 0 bridgehead atoms. The Labute approximate surface area is 116 Å². The molecule has 1 aromatic rings. The first-order chi connectivity index (χ1) is 8.52. The highest BCUT2D eigenvalue weighted by Crippen LogP contribution is 2.39. The molecule has 3 atom stereocenters. The molecule has 0 radical (unpaired) electrons. The van der Waals surface area contributed by atoms with Crippen molar-refractivity contribution in [2.75, 3.05) is 0 Å². The number of hydrogen-bond acceptors (Lipinski definition) is 2. The van der Waals surface area contributed by atoms with Crippen LogP contribution in [0.4, 0.5) is 0 Å². The number of rotatable bonds is 4. The van der Waals surface area contributed by atoms with Crippen LogP contribution in [-0.4, -0.2) is 6.04 Å². The SMILES string of the molecule is CCC(NC1CCC(C)(C)CC1C)c1cccs1. The molecular weight excluding hydrogens is 238 g/mol. The zero-order chi connectivity index (χ0) is 13.2. The smallest absolute Gasteiger partial charge is 0.0414 e. The Kier molecular flexibility index (Phi) is 4.50. The van der Waals surface area contributed by atoms with Crippen molar-refractivity contribution in [2.45, 2.75) is 65.5 Å². The lowest BCUT2D eigenvalue weighted by Crippen LogP contribution is -2.43. The van der Waals surface area contributed by atoms with Crippen LogP contribution in [0.2, 0.25) is 0 Å². The molecule has 0 aliphatic heterocycles. The van der Waals surface area contributed by atoms with Gasteiger partial charge in [0.25, 0.3) is 0 Å². The van der Waals surface area contributed by atoms with Gasteiger partial charge in [-0.05, 0) is 48.5 Å². The maximum atomic E-state index is 3.91. The van der Waals surface area contributed by atoms with Gasteiger partial charge in [0.2, 0.25) is 0 Å². The van der Waals surface area contributed by atoms with Crippen LogP contribution in [-0.2, 0) is 0 Å². The summed E-state index contributed by atoms with van der Waals surface area (Å²) in [5.41, 5.74) is 0.544. The van der Waals surface area contributed by atoms with Crippen LogP contribution in [0.3, 0.4) is 0 Å². The summed E-state index contributed by atoms with van der Waals surface area (Å²) >= 11 is 1.88. The second-order valence-electron chi connectivity index (χ2n) is 6.63. The molecule has 1 N–H and O–H groups in total. The highest BCUT2D eigenvalue weighted by atomic mass is 32.1. The normalized spacial score (nSPS) is 29.1. The lowest BCUT2D eigenvalue weighted by Gasteiger charge is -2.41. The molecule has 0 aromatic carbocycles. The van der Waals surface area contributed by atoms with E-state index in [0.29, 0.717) is 17.5 Å². The van der Waals surface area contributed by atoms with E-state index in [1.807, 2.05) is 11.3 Å². The third-order valence-electron chi connectivity index (χ3n) is 4.40. The maximum Gasteiger partial charge on any atom is 0.0414 e. The zero-order valence-corrected chi connectivity index (χ0v) is 13.0. The third-order valence-corrected chi connectivity index (χ3v) is 5.39. The van der Waals surface area contributed by atoms with E-state index in [0.717, 1.165) is 5.92 Å². The predicted octanol–water partition coefficient (Wildman–Crippen LogP) is 5.00. The van der Waals surface area contributed by atoms with Crippen molar-refractivity contribution >= 4 is 11.3 Å². The topological polar surface area (TPSA) is 12.0 Å². The van der Waals surface area contributed by atoms with Crippen LogP contribution in [0.5, 0.6) is 0 Å². The molecule has 0 spiro atoms. The average molecular weight is 265 g/mol. The minimum absolute atomic E-state index is 0.544. The van der Waals surface area contributed by atoms with E-state index in [-0.39, 0.29) is 0 Å². The van der Waals surface area contributed by atoms with Gasteiger partial charge >= 0.3 is 0 Å². The summed E-state index contributed by atoms with van der Waals surface area (Å²) in [6, 6.07) is 5.69. The summed E-state index contributed by atoms with van der Waals surface area (Å²) < 4.78 is 0. The molecule has 1 fully saturated rings. The van der Waals surface area contributed by atoms with Crippen molar-refractivity contribution in [3.8, 4) is 0 Å². The molecule has 102 valence electrons. The van der Waals surface area contributed by atoms with E-state index >= 15 is 0 Å². The molecule has 1 aliphatic carbocycles. The number of nitrogens with one attached hydrogen (secondary N) is 1. The monoisotopic (exact) mass is 265 g/mol. The van der Waals surface area contributed by atoms with E-state index in [2.05, 4.69) is 50.5 Å². The lowest BCUT2D eigenvalue weighted by molar-refractivity contribution is 0.141. The van der Waals surface area contributed by atoms with Crippen LogP contribution >= 0.6 is 11.3 Å². The first-order valence-electron chi connectivity index (χ1n) is 7.31. The summed E-state index contributed by atoms with van der Waals surface area (Å²) in [5.74, 6) is 0.794. The lowest BCUT2D eigenvalue weighted by atomic mass is 9.70. The van der Waals surface area contributed by atoms with Gasteiger partial charge in [0.1, 0.15) is 0 Å². The standard InChI is InChI=1S/C16H27NS/c1-5-13(15-7-6-10-18-15)17-14-8-9-16(3,4)11-12(14)2/h6-7,10,12-14,17H,5,8-9,11H2,1-4H3. The molecule has 1 aromatic heterocycles. The summed E-state index contributed by atoms with van der Waals surface area (Å²) in [4.78, 5) is 1.49. The Hall–Kier alpha value is -0.340. The molecule has 1 saturated carbocycles. The Morgan fingerprint density at radius 2 is 2.28 bits per heavy atom. The van der Waals surface area contributed by atoms with Crippen molar-refractivity contribution in [1.82, 2.24) is 5.32 Å². The zero-order valence-electron chi connectivity index (χ0n) is 12.2. The highest BCUT2D eigenvalue weighted by Gasteiger charge is 2.33. The van der Waals surface area contributed by atoms with E-state index < -0.39 is 0 Å². The van der Waals surface area contributed by atoms with Crippen molar-refractivity contribution in [3.05, 3.63) is 22.4 Å². The number of thiophene rings is 1. The maximum absolute atomic E-state index is 3.91. The molecule has 3 unspecified atom stereocenters. The number of hydrogen-bond donors (Lipinski definition) is 1. The molecule has 1 heterocycles. The Bertz CT molecular complexity index is 355. The van der Waals surface area contributed by atoms with Gasteiger partial charge < -0.3 is 5.32 Å². The Balaban J connectivity index is 1.96. The van der Waals surface area contributed by atoms with E-state index in [1.165, 1.54) is 30.6 Å². The van der Waals surface area contributed by atoms with Gasteiger partial charge in [-0.3, -0.25) is 0 Å². The van der Waals surface area contributed by atoms with Gasteiger partial charge in [0.05, 0.1) is 0 Å². The fraction of sp³-hybridized carbons (Fsp3) is 0.750. The van der Waals surface area contributed by atoms with E-state index in [4.69, 9.17) is 0 Å². The minimum atomic E-state index is 0.544. The summed E-state index contributed by atoms with van der Waals surface area (Å²) in [6.45, 7) is 9.53. The Morgan fingerprint density at radius 3 is 2.83 bits per heavy atom. The quantitative estimate of drug-likeness (QED) is 0.807. The summed E-state index contributed by atoms with van der Waals surface area (Å²) in [5, 5.41) is 6.09. The minimum Gasteiger partial charge on any atom is -0.306 e. The summed E-state index contributed by atoms with van der Waals surface area (Å²) in [6.07, 6.45) is 5.23. The van der Waals surface area contributed by atoms with Crippen molar-refractivity contribution in [1.29, 1.82) is 0 Å². The van der Waals surface area contributed by atoms with E-state index in [1.54, 1.807) is 0 Å². The van der Waals surface area contributed by atoms with Gasteiger partial charge in [-0.25, -0.2) is 0 Å². The van der Waals surface area contributed by atoms with Crippen LogP contribution in [0.1, 0.15) is 64.3 Å². The van der Waals surface area contributed by atoms with Crippen LogP contribution in [0.25, 0.3) is 0 Å². The van der Waals surface area contributed by atoms with Crippen LogP contribution < -0.4 is 5.32 Å². The molecule has 2 heteroatoms. The Morgan fingerprint density at radius 1 is 1.50 bits per heavy atom. The average Bonchev–Trinajstić information content (AvgIpc) is 2.81. The molecule has 18 heavy (non-hydrogen) atoms. The van der Waals surface area contributed by atoms with Crippen LogP contribution in [0, 0.1) is 11.3 Å². The highest BCUT2D eigenvalue weighted by molar-refractivity contribution is 7.10. The van der Waals surface area contributed by atoms with E-state index in [9.17, 15) is 0 Å². The molecule has 0 saturated heterocycles. The fourth-order valence-corrected chi connectivity index (χ4v) is 4.21. The van der Waals surface area contributed by atoms with Crippen molar-refractivity contribution in [2.24, 2.45) is 11.3 Å². The molecule has 2 rings (SSSR count). The van der Waals surface area contributed by atoms with Gasteiger partial charge in [-0.15, -0.1) is 11.3 Å². The fourth-order valence-electron chi connectivity index (χ4n) is 3.34. The molecule has 1 nitrogen and oxygen atoms in total. The van der Waals surface area contributed by atoms with Crippen LogP contribution in [0.15, 0.2) is 17.5 Å². The predicted molar refractivity (Wildman–Crippen MR) is 81.1 cm³/mol. The van der Waals surface area contributed by atoms with Gasteiger partial charge in [0.15, 0.2) is 0 Å². The molecule has 0 amide bonds. The second kappa shape index (κ2) is 5.75. The van der Waals surface area contributed by atoms with Crippen molar-refractivity contribution in [3.63, 3.8) is 0 Å². The largest absolute Gasteiger partial charge is 0.306 e. The van der Waals surface area contributed by atoms with Gasteiger partial charge in [0, 0.05) is 17.0 Å². The molecule has 1 aliphatic rings. The first-order valence-corrected chi connectivity index (χ1v) is 8.19. The summed E-state index contributed by atoms with van der Waals surface area (Å²) in [7, 11) is 0. The van der Waals surface area contributed by atoms with Gasteiger partial charge in [-0.2, -0.15) is 0 Å². The second-order valence-corrected chi connectivity index (χ2v) is 7.61. The van der Waals surface area contributed by atoms with Crippen molar-refractivity contribution < 1.29 is 0 Å². The molecular formula is C16H27NS. The van der Waals surface area contributed by atoms with Gasteiger partial charge in [-0.1, -0.05) is 33.8 Å². The third kappa shape index (κ3) is 3.36. The first kappa shape index (κ1) is 14.1.